The Hall–Kier alpha value is -5.10. The summed E-state index contributed by atoms with van der Waals surface area (Å²) in [6, 6.07) is 32.3. The molecule has 2 N–H and O–H groups in total. The molecule has 0 radical (unpaired) electrons. The van der Waals surface area contributed by atoms with Gasteiger partial charge in [-0.1, -0.05) is 60.7 Å². The lowest BCUT2D eigenvalue weighted by molar-refractivity contribution is 0.474. The fraction of sp³-hybridized carbons (Fsp3) is 0.118. The summed E-state index contributed by atoms with van der Waals surface area (Å²) in [4.78, 5) is 24.0. The van der Waals surface area contributed by atoms with Gasteiger partial charge in [0.25, 0.3) is 0 Å². The molecular weight excluding hydrogens is 504 g/mol. The van der Waals surface area contributed by atoms with Crippen LogP contribution in [-0.4, -0.2) is 10.2 Å². The Morgan fingerprint density at radius 1 is 0.475 bits per heavy atom. The van der Waals surface area contributed by atoms with E-state index >= 15 is 0 Å². The standard InChI is InChI=1S/2C17H14O3/c2*18-13-7-9-17-15(10-13)16(19)11-14(20-17)8-6-12-4-2-1-3-5-12/h2*1-5,7,9-11,18H,6,8H2. The predicted octanol–water partition coefficient (Wildman–Crippen LogP) is 6.57. The highest BCUT2D eigenvalue weighted by Gasteiger charge is 2.07. The maximum atomic E-state index is 12.0. The second kappa shape index (κ2) is 12.2. The van der Waals surface area contributed by atoms with Crippen molar-refractivity contribution in [1.82, 2.24) is 0 Å². The first-order valence-electron chi connectivity index (χ1n) is 13.0. The minimum absolute atomic E-state index is 0.0711. The van der Waals surface area contributed by atoms with Crippen LogP contribution >= 0.6 is 0 Å². The van der Waals surface area contributed by atoms with Gasteiger partial charge in [-0.15, -0.1) is 0 Å². The molecule has 0 spiro atoms. The van der Waals surface area contributed by atoms with E-state index in [0.29, 0.717) is 46.3 Å². The highest BCUT2D eigenvalue weighted by molar-refractivity contribution is 5.78. The van der Waals surface area contributed by atoms with Crippen molar-refractivity contribution in [2.24, 2.45) is 0 Å². The zero-order valence-electron chi connectivity index (χ0n) is 21.7. The number of benzene rings is 4. The van der Waals surface area contributed by atoms with Gasteiger partial charge in [0.05, 0.1) is 10.8 Å². The highest BCUT2D eigenvalue weighted by Crippen LogP contribution is 2.20. The van der Waals surface area contributed by atoms with Crippen LogP contribution in [0.1, 0.15) is 22.6 Å². The average Bonchev–Trinajstić information content (AvgIpc) is 2.97. The molecule has 6 heteroatoms. The van der Waals surface area contributed by atoms with Crippen LogP contribution in [0.25, 0.3) is 21.9 Å². The number of rotatable bonds is 6. The Balaban J connectivity index is 0.000000161. The molecule has 0 saturated carbocycles. The van der Waals surface area contributed by atoms with Crippen LogP contribution in [0.15, 0.2) is 128 Å². The molecule has 0 bridgehead atoms. The monoisotopic (exact) mass is 532 g/mol. The maximum absolute atomic E-state index is 12.0. The fourth-order valence-corrected chi connectivity index (χ4v) is 4.46. The van der Waals surface area contributed by atoms with Gasteiger partial charge in [0.15, 0.2) is 10.9 Å². The highest BCUT2D eigenvalue weighted by atomic mass is 16.3. The van der Waals surface area contributed by atoms with E-state index in [1.807, 2.05) is 36.4 Å². The van der Waals surface area contributed by atoms with Crippen LogP contribution in [0.4, 0.5) is 0 Å². The first-order chi connectivity index (χ1) is 19.4. The summed E-state index contributed by atoms with van der Waals surface area (Å²) in [6.45, 7) is 0. The zero-order chi connectivity index (χ0) is 27.9. The molecule has 6 aromatic rings. The van der Waals surface area contributed by atoms with Crippen LogP contribution < -0.4 is 10.9 Å². The zero-order valence-corrected chi connectivity index (χ0v) is 21.7. The smallest absolute Gasteiger partial charge is 0.193 e. The fourth-order valence-electron chi connectivity index (χ4n) is 4.46. The first-order valence-corrected chi connectivity index (χ1v) is 13.0. The second-order valence-electron chi connectivity index (χ2n) is 9.49. The Kier molecular flexibility index (Phi) is 8.07. The lowest BCUT2D eigenvalue weighted by Gasteiger charge is -2.04. The van der Waals surface area contributed by atoms with Crippen molar-refractivity contribution < 1.29 is 19.0 Å². The summed E-state index contributed by atoms with van der Waals surface area (Å²) in [5.74, 6) is 1.47. The molecule has 0 saturated heterocycles. The average molecular weight is 533 g/mol. The van der Waals surface area contributed by atoms with Gasteiger partial charge in [-0.2, -0.15) is 0 Å². The third kappa shape index (κ3) is 6.66. The molecular formula is C34H28O6. The minimum Gasteiger partial charge on any atom is -0.508 e. The summed E-state index contributed by atoms with van der Waals surface area (Å²) in [7, 11) is 0. The molecule has 6 nitrogen and oxygen atoms in total. The molecule has 40 heavy (non-hydrogen) atoms. The molecule has 0 amide bonds. The minimum atomic E-state index is -0.120. The van der Waals surface area contributed by atoms with Gasteiger partial charge in [0, 0.05) is 25.0 Å². The van der Waals surface area contributed by atoms with E-state index in [9.17, 15) is 19.8 Å². The molecule has 0 fully saturated rings. The van der Waals surface area contributed by atoms with E-state index in [0.717, 1.165) is 12.8 Å². The summed E-state index contributed by atoms with van der Waals surface area (Å²) in [5.41, 5.74) is 3.20. The molecule has 0 atom stereocenters. The predicted molar refractivity (Wildman–Crippen MR) is 156 cm³/mol. The summed E-state index contributed by atoms with van der Waals surface area (Å²) < 4.78 is 11.4. The van der Waals surface area contributed by atoms with Crippen molar-refractivity contribution in [2.45, 2.75) is 25.7 Å². The number of fused-ring (bicyclic) bond motifs is 2. The van der Waals surface area contributed by atoms with Crippen molar-refractivity contribution >= 4 is 21.9 Å². The molecule has 2 heterocycles. The second-order valence-corrected chi connectivity index (χ2v) is 9.49. The summed E-state index contributed by atoms with van der Waals surface area (Å²) in [5, 5.41) is 19.6. The third-order valence-corrected chi connectivity index (χ3v) is 6.53. The van der Waals surface area contributed by atoms with E-state index in [1.54, 1.807) is 12.1 Å². The summed E-state index contributed by atoms with van der Waals surface area (Å²) >= 11 is 0. The van der Waals surface area contributed by atoms with Gasteiger partial charge in [0.2, 0.25) is 0 Å². The maximum Gasteiger partial charge on any atom is 0.193 e. The van der Waals surface area contributed by atoms with Crippen molar-refractivity contribution in [1.29, 1.82) is 0 Å². The SMILES string of the molecule is O=c1cc(CCc2ccccc2)oc2ccc(O)cc12.O=c1cc(CCc2ccccc2)oc2ccc(O)cc12. The van der Waals surface area contributed by atoms with E-state index in [4.69, 9.17) is 8.83 Å². The van der Waals surface area contributed by atoms with Gasteiger partial charge in [-0.05, 0) is 60.4 Å². The normalized spacial score (nSPS) is 10.8. The number of aryl methyl sites for hydroxylation is 4. The topological polar surface area (TPSA) is 101 Å². The van der Waals surface area contributed by atoms with Crippen molar-refractivity contribution in [3.8, 4) is 11.5 Å². The van der Waals surface area contributed by atoms with E-state index in [1.165, 1.54) is 47.5 Å². The molecule has 0 aliphatic rings. The van der Waals surface area contributed by atoms with Gasteiger partial charge < -0.3 is 19.0 Å². The summed E-state index contributed by atoms with van der Waals surface area (Å²) in [6.07, 6.45) is 3.01. The van der Waals surface area contributed by atoms with Crippen molar-refractivity contribution in [3.05, 3.63) is 152 Å². The number of hydrogen-bond acceptors (Lipinski definition) is 6. The van der Waals surface area contributed by atoms with Crippen LogP contribution in [-0.2, 0) is 25.7 Å². The van der Waals surface area contributed by atoms with Gasteiger partial charge >= 0.3 is 0 Å². The Morgan fingerprint density at radius 2 is 0.875 bits per heavy atom. The largest absolute Gasteiger partial charge is 0.508 e. The lowest BCUT2D eigenvalue weighted by atomic mass is 10.1. The lowest BCUT2D eigenvalue weighted by Crippen LogP contribution is -2.03. The number of hydrogen-bond donors (Lipinski definition) is 2. The van der Waals surface area contributed by atoms with Gasteiger partial charge in [-0.25, -0.2) is 0 Å². The number of phenolic OH excluding ortho intramolecular Hbond substituents is 2. The van der Waals surface area contributed by atoms with Crippen LogP contribution in [0.3, 0.4) is 0 Å². The molecule has 6 rings (SSSR count). The van der Waals surface area contributed by atoms with Crippen molar-refractivity contribution in [3.63, 3.8) is 0 Å². The van der Waals surface area contributed by atoms with E-state index in [-0.39, 0.29) is 22.4 Å². The molecule has 0 aliphatic heterocycles. The Morgan fingerprint density at radius 3 is 1.27 bits per heavy atom. The van der Waals surface area contributed by atoms with Gasteiger partial charge in [0.1, 0.15) is 34.2 Å². The molecule has 2 aromatic heterocycles. The Bertz CT molecular complexity index is 1720. The van der Waals surface area contributed by atoms with Crippen LogP contribution in [0.2, 0.25) is 0 Å². The first kappa shape index (κ1) is 26.5. The number of aromatic hydroxyl groups is 2. The van der Waals surface area contributed by atoms with Crippen molar-refractivity contribution in [2.75, 3.05) is 0 Å². The molecule has 4 aromatic carbocycles. The third-order valence-electron chi connectivity index (χ3n) is 6.53. The van der Waals surface area contributed by atoms with Gasteiger partial charge in [-0.3, -0.25) is 9.59 Å². The quantitative estimate of drug-likeness (QED) is 0.252. The number of phenols is 2. The molecule has 200 valence electrons. The van der Waals surface area contributed by atoms with Crippen LogP contribution in [0, 0.1) is 0 Å². The van der Waals surface area contributed by atoms with Crippen LogP contribution in [0.5, 0.6) is 11.5 Å². The molecule has 0 aliphatic carbocycles. The molecule has 0 unspecified atom stereocenters. The van der Waals surface area contributed by atoms with E-state index < -0.39 is 0 Å². The van der Waals surface area contributed by atoms with E-state index in [2.05, 4.69) is 24.3 Å². The Labute approximate surface area is 230 Å².